The van der Waals surface area contributed by atoms with E-state index in [0.717, 1.165) is 0 Å². The standard InChI is InChI=1S/C33H30N6O6/c1-19(2)28(40)43-25-13-7-22(8-14-25)34-31-37-32(35-23-9-15-26(16-10-23)44-29(41)20(3)4)39-33(38-31)36-24-11-17-27(18-12-24)45-30(42)21(5)6/h7-18H,1,3,5H2,2,4,6H3,(H3,34,35,36,37,38,39). The first-order valence-electron chi connectivity index (χ1n) is 13.5. The second-order valence-electron chi connectivity index (χ2n) is 9.76. The number of carbonyl (C=O) groups excluding carboxylic acids is 3. The Kier molecular flexibility index (Phi) is 10.0. The van der Waals surface area contributed by atoms with Crippen molar-refractivity contribution in [2.45, 2.75) is 20.8 Å². The fourth-order valence-electron chi connectivity index (χ4n) is 3.33. The summed E-state index contributed by atoms with van der Waals surface area (Å²) in [6.07, 6.45) is 0. The maximum atomic E-state index is 11.8. The molecule has 12 heteroatoms. The molecule has 0 fully saturated rings. The normalized spacial score (nSPS) is 10.2. The molecule has 0 saturated carbocycles. The Morgan fingerprint density at radius 3 is 0.889 bits per heavy atom. The van der Waals surface area contributed by atoms with Crippen molar-refractivity contribution < 1.29 is 28.6 Å². The van der Waals surface area contributed by atoms with Crippen LogP contribution < -0.4 is 30.2 Å². The largest absolute Gasteiger partial charge is 0.423 e. The van der Waals surface area contributed by atoms with Crippen molar-refractivity contribution in [1.82, 2.24) is 15.0 Å². The Labute approximate surface area is 259 Å². The number of rotatable bonds is 12. The lowest BCUT2D eigenvalue weighted by atomic mass is 10.3. The SMILES string of the molecule is C=C(C)C(=O)Oc1ccc(Nc2nc(Nc3ccc(OC(=O)C(=C)C)cc3)nc(Nc3ccc(OC(=O)C(=C)C)cc3)n2)cc1. The number of carbonyl (C=O) groups is 3. The van der Waals surface area contributed by atoms with Crippen molar-refractivity contribution in [3.63, 3.8) is 0 Å². The van der Waals surface area contributed by atoms with Gasteiger partial charge in [0, 0.05) is 33.8 Å². The van der Waals surface area contributed by atoms with Gasteiger partial charge in [-0.25, -0.2) is 14.4 Å². The number of ether oxygens (including phenoxy) is 3. The molecule has 228 valence electrons. The molecule has 0 saturated heterocycles. The molecule has 0 aliphatic carbocycles. The molecule has 0 aliphatic rings. The third kappa shape index (κ3) is 9.35. The van der Waals surface area contributed by atoms with Crippen molar-refractivity contribution >= 4 is 52.8 Å². The molecule has 0 aliphatic heterocycles. The predicted octanol–water partition coefficient (Wildman–Crippen LogP) is 6.55. The van der Waals surface area contributed by atoms with E-state index >= 15 is 0 Å². The maximum absolute atomic E-state index is 11.8. The molecule has 1 heterocycles. The van der Waals surface area contributed by atoms with Crippen LogP contribution in [-0.2, 0) is 14.4 Å². The van der Waals surface area contributed by atoms with E-state index in [0.29, 0.717) is 34.3 Å². The minimum atomic E-state index is -0.524. The highest BCUT2D eigenvalue weighted by molar-refractivity contribution is 5.89. The molecule has 3 aromatic carbocycles. The number of hydrogen-bond acceptors (Lipinski definition) is 12. The molecule has 45 heavy (non-hydrogen) atoms. The van der Waals surface area contributed by atoms with Gasteiger partial charge in [0.1, 0.15) is 17.2 Å². The number of nitrogens with zero attached hydrogens (tertiary/aromatic N) is 3. The smallest absolute Gasteiger partial charge is 0.338 e. The average molecular weight is 607 g/mol. The Bertz CT molecular complexity index is 1550. The van der Waals surface area contributed by atoms with Crippen LogP contribution in [0.4, 0.5) is 34.9 Å². The third-order valence-electron chi connectivity index (χ3n) is 5.64. The summed E-state index contributed by atoms with van der Waals surface area (Å²) >= 11 is 0. The molecule has 0 radical (unpaired) electrons. The van der Waals surface area contributed by atoms with Gasteiger partial charge in [0.05, 0.1) is 0 Å². The first-order valence-corrected chi connectivity index (χ1v) is 13.5. The fourth-order valence-corrected chi connectivity index (χ4v) is 3.33. The second-order valence-corrected chi connectivity index (χ2v) is 9.76. The van der Waals surface area contributed by atoms with Crippen LogP contribution in [0, 0.1) is 0 Å². The summed E-state index contributed by atoms with van der Waals surface area (Å²) < 4.78 is 15.7. The minimum Gasteiger partial charge on any atom is -0.423 e. The molecule has 4 rings (SSSR count). The van der Waals surface area contributed by atoms with Gasteiger partial charge in [-0.3, -0.25) is 0 Å². The van der Waals surface area contributed by atoms with E-state index in [9.17, 15) is 14.4 Å². The van der Waals surface area contributed by atoms with Gasteiger partial charge in [0.2, 0.25) is 17.8 Å². The topological polar surface area (TPSA) is 154 Å². The van der Waals surface area contributed by atoms with Gasteiger partial charge in [0.25, 0.3) is 0 Å². The van der Waals surface area contributed by atoms with Crippen molar-refractivity contribution in [3.05, 3.63) is 109 Å². The van der Waals surface area contributed by atoms with Gasteiger partial charge < -0.3 is 30.2 Å². The summed E-state index contributed by atoms with van der Waals surface area (Å²) in [5.74, 6) is 0.0639. The predicted molar refractivity (Wildman–Crippen MR) is 170 cm³/mol. The Hall–Kier alpha value is -6.30. The highest BCUT2D eigenvalue weighted by atomic mass is 16.5. The van der Waals surface area contributed by atoms with Crippen LogP contribution in [0.5, 0.6) is 17.2 Å². The van der Waals surface area contributed by atoms with Crippen LogP contribution in [0.2, 0.25) is 0 Å². The summed E-state index contributed by atoms with van der Waals surface area (Å²) in [5, 5.41) is 9.33. The van der Waals surface area contributed by atoms with Gasteiger partial charge in [-0.05, 0) is 93.6 Å². The van der Waals surface area contributed by atoms with Crippen molar-refractivity contribution in [1.29, 1.82) is 0 Å². The summed E-state index contributed by atoms with van der Waals surface area (Å²) in [7, 11) is 0. The van der Waals surface area contributed by atoms with Gasteiger partial charge >= 0.3 is 17.9 Å². The molecule has 0 atom stereocenters. The van der Waals surface area contributed by atoms with E-state index in [1.807, 2.05) is 0 Å². The zero-order chi connectivity index (χ0) is 32.5. The van der Waals surface area contributed by atoms with E-state index in [1.54, 1.807) is 93.6 Å². The summed E-state index contributed by atoms with van der Waals surface area (Å²) in [4.78, 5) is 48.9. The Morgan fingerprint density at radius 2 is 0.689 bits per heavy atom. The van der Waals surface area contributed by atoms with E-state index in [-0.39, 0.29) is 34.6 Å². The van der Waals surface area contributed by atoms with E-state index < -0.39 is 17.9 Å². The van der Waals surface area contributed by atoms with E-state index in [4.69, 9.17) is 14.2 Å². The lowest BCUT2D eigenvalue weighted by Gasteiger charge is -2.12. The zero-order valence-corrected chi connectivity index (χ0v) is 24.8. The van der Waals surface area contributed by atoms with Crippen LogP contribution in [0.15, 0.2) is 109 Å². The lowest BCUT2D eigenvalue weighted by molar-refractivity contribution is -0.130. The monoisotopic (exact) mass is 606 g/mol. The van der Waals surface area contributed by atoms with Crippen molar-refractivity contribution in [2.75, 3.05) is 16.0 Å². The molecule has 0 bridgehead atoms. The number of anilines is 6. The molecule has 12 nitrogen and oxygen atoms in total. The lowest BCUT2D eigenvalue weighted by Crippen LogP contribution is -2.09. The van der Waals surface area contributed by atoms with Gasteiger partial charge in [-0.2, -0.15) is 15.0 Å². The van der Waals surface area contributed by atoms with Gasteiger partial charge in [0.15, 0.2) is 0 Å². The fraction of sp³-hybridized carbons (Fsp3) is 0.0909. The van der Waals surface area contributed by atoms with E-state index in [1.165, 1.54) is 0 Å². The quantitative estimate of drug-likeness (QED) is 0.0910. The number of nitrogens with one attached hydrogen (secondary N) is 3. The number of benzene rings is 3. The van der Waals surface area contributed by atoms with Crippen LogP contribution in [0.25, 0.3) is 0 Å². The highest BCUT2D eigenvalue weighted by Gasteiger charge is 2.12. The van der Waals surface area contributed by atoms with Crippen LogP contribution in [0.3, 0.4) is 0 Å². The van der Waals surface area contributed by atoms with Crippen molar-refractivity contribution in [2.24, 2.45) is 0 Å². The summed E-state index contributed by atoms with van der Waals surface area (Å²) in [6.45, 7) is 15.4. The average Bonchev–Trinajstić information content (AvgIpc) is 3.00. The first-order chi connectivity index (χ1) is 21.4. The molecule has 0 spiro atoms. The maximum Gasteiger partial charge on any atom is 0.338 e. The van der Waals surface area contributed by atoms with Crippen LogP contribution in [0.1, 0.15) is 20.8 Å². The summed E-state index contributed by atoms with van der Waals surface area (Å²) in [5.41, 5.74) is 2.69. The molecule has 4 aromatic rings. The molecular formula is C33H30N6O6. The molecule has 1 aromatic heterocycles. The van der Waals surface area contributed by atoms with Gasteiger partial charge in [-0.15, -0.1) is 0 Å². The second kappa shape index (κ2) is 14.2. The Morgan fingerprint density at radius 1 is 0.467 bits per heavy atom. The molecular weight excluding hydrogens is 576 g/mol. The van der Waals surface area contributed by atoms with Crippen LogP contribution in [-0.4, -0.2) is 32.9 Å². The highest BCUT2D eigenvalue weighted by Crippen LogP contribution is 2.25. The zero-order valence-electron chi connectivity index (χ0n) is 24.8. The first kappa shape index (κ1) is 31.6. The summed E-state index contributed by atoms with van der Waals surface area (Å²) in [6, 6.07) is 19.9. The molecule has 0 amide bonds. The molecule has 0 unspecified atom stereocenters. The number of aromatic nitrogens is 3. The minimum absolute atomic E-state index is 0.195. The number of hydrogen-bond donors (Lipinski definition) is 3. The Balaban J connectivity index is 1.56. The number of esters is 3. The van der Waals surface area contributed by atoms with E-state index in [2.05, 4.69) is 50.6 Å². The van der Waals surface area contributed by atoms with Gasteiger partial charge in [-0.1, -0.05) is 19.7 Å². The van der Waals surface area contributed by atoms with Crippen molar-refractivity contribution in [3.8, 4) is 17.2 Å². The third-order valence-corrected chi connectivity index (χ3v) is 5.64. The van der Waals surface area contributed by atoms with Crippen LogP contribution >= 0.6 is 0 Å². The molecule has 3 N–H and O–H groups in total.